The number of benzene rings is 3. The molecule has 1 saturated heterocycles. The van der Waals surface area contributed by atoms with Gasteiger partial charge in [-0.3, -0.25) is 9.59 Å². The highest BCUT2D eigenvalue weighted by atomic mass is 19.1. The van der Waals surface area contributed by atoms with Gasteiger partial charge in [0, 0.05) is 42.6 Å². The van der Waals surface area contributed by atoms with Crippen LogP contribution in [0, 0.1) is 5.82 Å². The van der Waals surface area contributed by atoms with Gasteiger partial charge in [-0.05, 0) is 66.8 Å². The molecule has 1 aromatic heterocycles. The number of anilines is 1. The van der Waals surface area contributed by atoms with Gasteiger partial charge in [0.05, 0.1) is 0 Å². The molecule has 2 heterocycles. The third-order valence-electron chi connectivity index (χ3n) is 6.51. The Balaban J connectivity index is 1.41. The van der Waals surface area contributed by atoms with E-state index in [0.29, 0.717) is 30.8 Å². The standard InChI is InChI=1S/C29H28FN3O2/c30-24-10-6-9-22(17-24)20-33-26-13-12-25(31-28(34)14-11-21-7-2-1-3-8-21)18-23(26)19-27(33)29(35)32-15-4-5-16-32/h1-3,6-10,12-13,17-19H,4-5,11,14-16,20H2,(H,31,34). The van der Waals surface area contributed by atoms with Crippen molar-refractivity contribution in [2.45, 2.75) is 32.2 Å². The lowest BCUT2D eigenvalue weighted by Gasteiger charge is -2.17. The molecular weight excluding hydrogens is 441 g/mol. The molecule has 2 amide bonds. The molecule has 4 aromatic rings. The van der Waals surface area contributed by atoms with E-state index in [1.807, 2.05) is 70.1 Å². The van der Waals surface area contributed by atoms with Gasteiger partial charge in [0.25, 0.3) is 5.91 Å². The number of carbonyl (C=O) groups excluding carboxylic acids is 2. The minimum absolute atomic E-state index is 0.0106. The van der Waals surface area contributed by atoms with Crippen LogP contribution >= 0.6 is 0 Å². The number of carbonyl (C=O) groups is 2. The molecule has 5 nitrogen and oxygen atoms in total. The number of rotatable bonds is 7. The number of hydrogen-bond acceptors (Lipinski definition) is 2. The molecule has 0 atom stereocenters. The van der Waals surface area contributed by atoms with Crippen LogP contribution in [0.5, 0.6) is 0 Å². The van der Waals surface area contributed by atoms with Crippen LogP contribution in [0.1, 0.15) is 40.9 Å². The molecule has 35 heavy (non-hydrogen) atoms. The fourth-order valence-electron chi connectivity index (χ4n) is 4.72. The number of amides is 2. The molecule has 178 valence electrons. The van der Waals surface area contributed by atoms with Crippen LogP contribution in [0.3, 0.4) is 0 Å². The van der Waals surface area contributed by atoms with Crippen molar-refractivity contribution >= 4 is 28.4 Å². The molecule has 6 heteroatoms. The summed E-state index contributed by atoms with van der Waals surface area (Å²) >= 11 is 0. The number of nitrogens with one attached hydrogen (secondary N) is 1. The van der Waals surface area contributed by atoms with Gasteiger partial charge in [-0.2, -0.15) is 0 Å². The van der Waals surface area contributed by atoms with E-state index >= 15 is 0 Å². The second kappa shape index (κ2) is 10.1. The molecule has 0 saturated carbocycles. The lowest BCUT2D eigenvalue weighted by Crippen LogP contribution is -2.29. The first kappa shape index (κ1) is 22.8. The number of aromatic nitrogens is 1. The Morgan fingerprint density at radius 3 is 2.40 bits per heavy atom. The first-order valence-electron chi connectivity index (χ1n) is 12.1. The van der Waals surface area contributed by atoms with E-state index in [1.165, 1.54) is 12.1 Å². The number of halogens is 1. The molecule has 1 fully saturated rings. The number of likely N-dealkylation sites (tertiary alicyclic amines) is 1. The molecule has 1 aliphatic heterocycles. The van der Waals surface area contributed by atoms with Crippen LogP contribution in [0.2, 0.25) is 0 Å². The van der Waals surface area contributed by atoms with E-state index in [4.69, 9.17) is 0 Å². The normalized spacial score (nSPS) is 13.3. The van der Waals surface area contributed by atoms with Crippen molar-refractivity contribution in [1.29, 1.82) is 0 Å². The summed E-state index contributed by atoms with van der Waals surface area (Å²) in [4.78, 5) is 27.8. The molecule has 0 bridgehead atoms. The second-order valence-electron chi connectivity index (χ2n) is 9.05. The van der Waals surface area contributed by atoms with Crippen molar-refractivity contribution in [3.63, 3.8) is 0 Å². The lowest BCUT2D eigenvalue weighted by molar-refractivity contribution is -0.116. The highest BCUT2D eigenvalue weighted by Crippen LogP contribution is 2.27. The SMILES string of the molecule is O=C(CCc1ccccc1)Nc1ccc2c(c1)cc(C(=O)N1CCCC1)n2Cc1cccc(F)c1. The van der Waals surface area contributed by atoms with Crippen molar-refractivity contribution in [3.05, 3.63) is 102 Å². The molecule has 5 rings (SSSR count). The maximum absolute atomic E-state index is 13.8. The Hall–Kier alpha value is -3.93. The molecule has 0 spiro atoms. The zero-order chi connectivity index (χ0) is 24.2. The number of nitrogens with zero attached hydrogens (tertiary/aromatic N) is 2. The predicted octanol–water partition coefficient (Wildman–Crippen LogP) is 5.64. The van der Waals surface area contributed by atoms with E-state index in [1.54, 1.807) is 6.07 Å². The summed E-state index contributed by atoms with van der Waals surface area (Å²) in [6.07, 6.45) is 3.08. The van der Waals surface area contributed by atoms with Gasteiger partial charge in [0.15, 0.2) is 0 Å². The first-order chi connectivity index (χ1) is 17.1. The molecule has 1 N–H and O–H groups in total. The summed E-state index contributed by atoms with van der Waals surface area (Å²) in [5, 5.41) is 3.85. The minimum atomic E-state index is -0.299. The topological polar surface area (TPSA) is 54.3 Å². The first-order valence-corrected chi connectivity index (χ1v) is 12.1. The third kappa shape index (κ3) is 5.27. The van der Waals surface area contributed by atoms with Gasteiger partial charge >= 0.3 is 0 Å². The monoisotopic (exact) mass is 469 g/mol. The smallest absolute Gasteiger partial charge is 0.270 e. The highest BCUT2D eigenvalue weighted by molar-refractivity contribution is 6.00. The van der Waals surface area contributed by atoms with E-state index in [2.05, 4.69) is 5.32 Å². The second-order valence-corrected chi connectivity index (χ2v) is 9.05. The van der Waals surface area contributed by atoms with Crippen molar-refractivity contribution in [1.82, 2.24) is 9.47 Å². The summed E-state index contributed by atoms with van der Waals surface area (Å²) in [5.74, 6) is -0.365. The van der Waals surface area contributed by atoms with Gasteiger partial charge in [0.1, 0.15) is 11.5 Å². The van der Waals surface area contributed by atoms with Crippen LogP contribution in [-0.2, 0) is 17.8 Å². The largest absolute Gasteiger partial charge is 0.337 e. The fraction of sp³-hybridized carbons (Fsp3) is 0.241. The van der Waals surface area contributed by atoms with Crippen LogP contribution in [0.25, 0.3) is 10.9 Å². The summed E-state index contributed by atoms with van der Waals surface area (Å²) in [6, 6.07) is 23.9. The number of aryl methyl sites for hydroxylation is 1. The van der Waals surface area contributed by atoms with Crippen molar-refractivity contribution in [2.75, 3.05) is 18.4 Å². The van der Waals surface area contributed by atoms with Gasteiger partial charge in [-0.1, -0.05) is 42.5 Å². The average molecular weight is 470 g/mol. The van der Waals surface area contributed by atoms with Crippen LogP contribution < -0.4 is 5.32 Å². The minimum Gasteiger partial charge on any atom is -0.337 e. The Kier molecular flexibility index (Phi) is 6.62. The van der Waals surface area contributed by atoms with Crippen molar-refractivity contribution < 1.29 is 14.0 Å². The van der Waals surface area contributed by atoms with E-state index < -0.39 is 0 Å². The van der Waals surface area contributed by atoms with Gasteiger partial charge < -0.3 is 14.8 Å². The number of hydrogen-bond donors (Lipinski definition) is 1. The molecule has 0 aliphatic carbocycles. The molecule has 0 unspecified atom stereocenters. The van der Waals surface area contributed by atoms with Crippen molar-refractivity contribution in [3.8, 4) is 0 Å². The van der Waals surface area contributed by atoms with Gasteiger partial charge in [0.2, 0.25) is 5.91 Å². The third-order valence-corrected chi connectivity index (χ3v) is 6.51. The predicted molar refractivity (Wildman–Crippen MR) is 136 cm³/mol. The summed E-state index contributed by atoms with van der Waals surface area (Å²) in [6.45, 7) is 1.89. The summed E-state index contributed by atoms with van der Waals surface area (Å²) in [7, 11) is 0. The maximum atomic E-state index is 13.8. The molecule has 1 aliphatic rings. The summed E-state index contributed by atoms with van der Waals surface area (Å²) in [5.41, 5.74) is 4.06. The zero-order valence-electron chi connectivity index (χ0n) is 19.5. The highest BCUT2D eigenvalue weighted by Gasteiger charge is 2.24. The van der Waals surface area contributed by atoms with E-state index in [-0.39, 0.29) is 17.6 Å². The van der Waals surface area contributed by atoms with Crippen LogP contribution in [0.4, 0.5) is 10.1 Å². The fourth-order valence-corrected chi connectivity index (χ4v) is 4.72. The van der Waals surface area contributed by atoms with E-state index in [0.717, 1.165) is 48.0 Å². The Bertz CT molecular complexity index is 1360. The quantitative estimate of drug-likeness (QED) is 0.381. The van der Waals surface area contributed by atoms with Gasteiger partial charge in [-0.25, -0.2) is 4.39 Å². The van der Waals surface area contributed by atoms with Gasteiger partial charge in [-0.15, -0.1) is 0 Å². The lowest BCUT2D eigenvalue weighted by atomic mass is 10.1. The zero-order valence-corrected chi connectivity index (χ0v) is 19.5. The van der Waals surface area contributed by atoms with Crippen LogP contribution in [0.15, 0.2) is 78.9 Å². The molecular formula is C29H28FN3O2. The Morgan fingerprint density at radius 1 is 0.857 bits per heavy atom. The molecule has 3 aromatic carbocycles. The van der Waals surface area contributed by atoms with Crippen molar-refractivity contribution in [2.24, 2.45) is 0 Å². The van der Waals surface area contributed by atoms with Crippen LogP contribution in [-0.4, -0.2) is 34.4 Å². The maximum Gasteiger partial charge on any atom is 0.270 e. The van der Waals surface area contributed by atoms with E-state index in [9.17, 15) is 14.0 Å². The Morgan fingerprint density at radius 2 is 1.63 bits per heavy atom. The molecule has 0 radical (unpaired) electrons. The summed E-state index contributed by atoms with van der Waals surface area (Å²) < 4.78 is 15.8. The Labute approximate surface area is 204 Å². The number of fused-ring (bicyclic) bond motifs is 1. The average Bonchev–Trinajstić information content (AvgIpc) is 3.52.